The molecule has 0 aliphatic rings. The normalized spacial score (nSPS) is 12.9. The third-order valence-electron chi connectivity index (χ3n) is 5.31. The van der Waals surface area contributed by atoms with Gasteiger partial charge >= 0.3 is 0 Å². The van der Waals surface area contributed by atoms with Crippen molar-refractivity contribution in [3.63, 3.8) is 0 Å². The van der Waals surface area contributed by atoms with Crippen molar-refractivity contribution >= 4 is 45.0 Å². The smallest absolute Gasteiger partial charge is 0.243 e. The molecule has 2 aromatic carbocycles. The fourth-order valence-electron chi connectivity index (χ4n) is 3.46. The first-order chi connectivity index (χ1) is 16.2. The van der Waals surface area contributed by atoms with E-state index in [0.717, 1.165) is 9.87 Å². The van der Waals surface area contributed by atoms with E-state index in [9.17, 15) is 18.0 Å². The number of halogens is 2. The van der Waals surface area contributed by atoms with E-state index in [1.165, 1.54) is 24.1 Å². The Balaban J connectivity index is 2.37. The lowest BCUT2D eigenvalue weighted by Crippen LogP contribution is -2.55. The largest absolute Gasteiger partial charge is 0.350 e. The van der Waals surface area contributed by atoms with E-state index in [4.69, 9.17) is 23.2 Å². The van der Waals surface area contributed by atoms with Crippen molar-refractivity contribution < 1.29 is 18.0 Å². The fourth-order valence-corrected chi connectivity index (χ4v) is 4.90. The van der Waals surface area contributed by atoms with Crippen LogP contribution in [-0.2, 0) is 26.2 Å². The SMILES string of the molecule is CC[C@@H](C(=O)NC(C)(C)C)N(Cc1ccc(Cl)c(Cl)c1)C(=O)CN(C)S(=O)(=O)c1ccc(C)cc1. The molecule has 7 nitrogen and oxygen atoms in total. The number of aryl methyl sites for hydroxylation is 1. The van der Waals surface area contributed by atoms with Crippen LogP contribution in [0.25, 0.3) is 0 Å². The molecule has 0 aliphatic carbocycles. The molecule has 10 heteroatoms. The van der Waals surface area contributed by atoms with Crippen LogP contribution in [0.3, 0.4) is 0 Å². The molecule has 0 saturated heterocycles. The minimum Gasteiger partial charge on any atom is -0.350 e. The number of amides is 2. The van der Waals surface area contributed by atoms with E-state index in [1.807, 2.05) is 27.7 Å². The van der Waals surface area contributed by atoms with Crippen molar-refractivity contribution in [1.82, 2.24) is 14.5 Å². The maximum atomic E-state index is 13.5. The van der Waals surface area contributed by atoms with E-state index in [-0.39, 0.29) is 17.3 Å². The number of nitrogens with zero attached hydrogens (tertiary/aromatic N) is 2. The molecule has 2 aromatic rings. The number of hydrogen-bond acceptors (Lipinski definition) is 4. The van der Waals surface area contributed by atoms with Gasteiger partial charge < -0.3 is 10.2 Å². The van der Waals surface area contributed by atoms with Crippen LogP contribution < -0.4 is 5.32 Å². The van der Waals surface area contributed by atoms with E-state index >= 15 is 0 Å². The summed E-state index contributed by atoms with van der Waals surface area (Å²) in [6.45, 7) is 8.84. The summed E-state index contributed by atoms with van der Waals surface area (Å²) in [4.78, 5) is 28.1. The van der Waals surface area contributed by atoms with Crippen LogP contribution >= 0.6 is 23.2 Å². The number of nitrogens with one attached hydrogen (secondary N) is 1. The summed E-state index contributed by atoms with van der Waals surface area (Å²) in [7, 11) is -2.56. The van der Waals surface area contributed by atoms with Crippen molar-refractivity contribution in [2.24, 2.45) is 0 Å². The van der Waals surface area contributed by atoms with Crippen LogP contribution in [0.4, 0.5) is 0 Å². The number of benzene rings is 2. The molecule has 0 bridgehead atoms. The second kappa shape index (κ2) is 11.7. The first kappa shape index (κ1) is 29.1. The molecule has 0 aromatic heterocycles. The molecule has 0 spiro atoms. The summed E-state index contributed by atoms with van der Waals surface area (Å²) in [5, 5.41) is 3.61. The fraction of sp³-hybridized carbons (Fsp3) is 0.440. The lowest BCUT2D eigenvalue weighted by Gasteiger charge is -2.34. The molecule has 0 heterocycles. The van der Waals surface area contributed by atoms with Crippen LogP contribution in [0.2, 0.25) is 10.0 Å². The summed E-state index contributed by atoms with van der Waals surface area (Å²) in [6.07, 6.45) is 0.337. The van der Waals surface area contributed by atoms with Gasteiger partial charge in [-0.1, -0.05) is 53.9 Å². The second-order valence-corrected chi connectivity index (χ2v) is 12.4. The minimum absolute atomic E-state index is 0.0597. The highest BCUT2D eigenvalue weighted by molar-refractivity contribution is 7.89. The molecule has 2 rings (SSSR count). The number of carbonyl (C=O) groups excluding carboxylic acids is 2. The molecular formula is C25H33Cl2N3O4S. The molecule has 2 amide bonds. The van der Waals surface area contributed by atoms with Crippen LogP contribution in [-0.4, -0.2) is 54.6 Å². The Morgan fingerprint density at radius 2 is 1.63 bits per heavy atom. The molecule has 0 radical (unpaired) electrons. The highest BCUT2D eigenvalue weighted by Crippen LogP contribution is 2.24. The van der Waals surface area contributed by atoms with Gasteiger partial charge in [-0.05, 0) is 63.9 Å². The zero-order chi connectivity index (χ0) is 26.6. The molecule has 0 saturated carbocycles. The molecular weight excluding hydrogens is 509 g/mol. The van der Waals surface area contributed by atoms with Crippen LogP contribution in [0.15, 0.2) is 47.4 Å². The summed E-state index contributed by atoms with van der Waals surface area (Å²) in [6, 6.07) is 10.6. The van der Waals surface area contributed by atoms with E-state index in [0.29, 0.717) is 22.0 Å². The van der Waals surface area contributed by atoms with E-state index in [2.05, 4.69) is 5.32 Å². The molecule has 1 N–H and O–H groups in total. The van der Waals surface area contributed by atoms with E-state index < -0.39 is 34.1 Å². The number of likely N-dealkylation sites (N-methyl/N-ethyl adjacent to an activating group) is 1. The maximum Gasteiger partial charge on any atom is 0.243 e. The first-order valence-electron chi connectivity index (χ1n) is 11.2. The van der Waals surface area contributed by atoms with Gasteiger partial charge in [0.05, 0.1) is 21.5 Å². The highest BCUT2D eigenvalue weighted by Gasteiger charge is 2.33. The van der Waals surface area contributed by atoms with Crippen LogP contribution in [0, 0.1) is 6.92 Å². The lowest BCUT2D eigenvalue weighted by atomic mass is 10.1. The summed E-state index contributed by atoms with van der Waals surface area (Å²) < 4.78 is 27.1. The number of sulfonamides is 1. The Hall–Kier alpha value is -2.13. The standard InChI is InChI=1S/C25H33Cl2N3O4S/c1-7-22(24(32)28-25(3,4)5)30(15-18-10-13-20(26)21(27)14-18)23(31)16-29(6)35(33,34)19-11-8-17(2)9-12-19/h8-14,22H,7,15-16H2,1-6H3,(H,28,32)/t22-/m0/s1. The Morgan fingerprint density at radius 1 is 1.03 bits per heavy atom. The molecule has 192 valence electrons. The number of rotatable bonds is 9. The zero-order valence-electron chi connectivity index (χ0n) is 20.9. The molecule has 0 unspecified atom stereocenters. The minimum atomic E-state index is -3.90. The molecule has 0 fully saturated rings. The highest BCUT2D eigenvalue weighted by atomic mass is 35.5. The topological polar surface area (TPSA) is 86.8 Å². The van der Waals surface area contributed by atoms with Crippen molar-refractivity contribution in [3.05, 3.63) is 63.6 Å². The maximum absolute atomic E-state index is 13.5. The average molecular weight is 543 g/mol. The van der Waals surface area contributed by atoms with Crippen molar-refractivity contribution in [3.8, 4) is 0 Å². The Morgan fingerprint density at radius 3 is 2.14 bits per heavy atom. The third-order valence-corrected chi connectivity index (χ3v) is 7.86. The predicted molar refractivity (Wildman–Crippen MR) is 140 cm³/mol. The van der Waals surface area contributed by atoms with Crippen LogP contribution in [0.1, 0.15) is 45.2 Å². The average Bonchev–Trinajstić information content (AvgIpc) is 2.75. The third kappa shape index (κ3) is 7.93. The lowest BCUT2D eigenvalue weighted by molar-refractivity contribution is -0.142. The van der Waals surface area contributed by atoms with Gasteiger partial charge in [0.1, 0.15) is 6.04 Å². The van der Waals surface area contributed by atoms with Crippen molar-refractivity contribution in [2.45, 2.75) is 64.1 Å². The van der Waals surface area contributed by atoms with Crippen molar-refractivity contribution in [2.75, 3.05) is 13.6 Å². The quantitative estimate of drug-likeness (QED) is 0.500. The van der Waals surface area contributed by atoms with Gasteiger partial charge in [0, 0.05) is 19.1 Å². The summed E-state index contributed by atoms with van der Waals surface area (Å²) in [5.74, 6) is -0.831. The van der Waals surface area contributed by atoms with Gasteiger partial charge in [-0.15, -0.1) is 0 Å². The Bertz CT molecular complexity index is 1160. The van der Waals surface area contributed by atoms with Crippen LogP contribution in [0.5, 0.6) is 0 Å². The first-order valence-corrected chi connectivity index (χ1v) is 13.4. The predicted octanol–water partition coefficient (Wildman–Crippen LogP) is 4.64. The number of carbonyl (C=O) groups is 2. The Kier molecular flexibility index (Phi) is 9.76. The molecule has 35 heavy (non-hydrogen) atoms. The molecule has 1 atom stereocenters. The zero-order valence-corrected chi connectivity index (χ0v) is 23.3. The summed E-state index contributed by atoms with van der Waals surface area (Å²) in [5.41, 5.74) is 1.08. The monoisotopic (exact) mass is 541 g/mol. The van der Waals surface area contributed by atoms with Gasteiger partial charge in [-0.3, -0.25) is 9.59 Å². The molecule has 0 aliphatic heterocycles. The Labute approximate surface area is 218 Å². The summed E-state index contributed by atoms with van der Waals surface area (Å²) >= 11 is 12.2. The van der Waals surface area contributed by atoms with Crippen molar-refractivity contribution in [1.29, 1.82) is 0 Å². The van der Waals surface area contributed by atoms with Gasteiger partial charge in [-0.2, -0.15) is 4.31 Å². The van der Waals surface area contributed by atoms with Gasteiger partial charge in [0.2, 0.25) is 21.8 Å². The second-order valence-electron chi connectivity index (χ2n) is 9.51. The number of hydrogen-bond donors (Lipinski definition) is 1. The van der Waals surface area contributed by atoms with Gasteiger partial charge in [0.25, 0.3) is 0 Å². The van der Waals surface area contributed by atoms with Gasteiger partial charge in [-0.25, -0.2) is 8.42 Å². The van der Waals surface area contributed by atoms with Gasteiger partial charge in [0.15, 0.2) is 0 Å². The van der Waals surface area contributed by atoms with E-state index in [1.54, 1.807) is 37.3 Å².